The molecule has 0 saturated heterocycles. The summed E-state index contributed by atoms with van der Waals surface area (Å²) in [6, 6.07) is 0.676. The average Bonchev–Trinajstić information content (AvgIpc) is 2.25. The van der Waals surface area contributed by atoms with Crippen molar-refractivity contribution >= 4 is 12.1 Å². The molecule has 0 fully saturated rings. The second-order valence-electron chi connectivity index (χ2n) is 2.83. The normalized spacial score (nSPS) is 10.9. The van der Waals surface area contributed by atoms with Gasteiger partial charge in [0.1, 0.15) is 0 Å². The van der Waals surface area contributed by atoms with E-state index < -0.39 is 34.3 Å². The van der Waals surface area contributed by atoms with E-state index in [-0.39, 0.29) is 6.29 Å². The third-order valence-electron chi connectivity index (χ3n) is 1.69. The third-order valence-corrected chi connectivity index (χ3v) is 1.69. The molecule has 0 bridgehead atoms. The number of halogens is 3. The number of aromatic nitrogens is 1. The van der Waals surface area contributed by atoms with Gasteiger partial charge in [0.2, 0.25) is 5.75 Å². The molecule has 0 aliphatic rings. The van der Waals surface area contributed by atoms with Crippen LogP contribution in [0.15, 0.2) is 6.07 Å². The molecule has 1 aromatic heterocycles. The van der Waals surface area contributed by atoms with Crippen molar-refractivity contribution in [1.29, 1.82) is 0 Å². The summed E-state index contributed by atoms with van der Waals surface area (Å²) in [4.78, 5) is 23.0. The maximum atomic E-state index is 12.1. The smallest absolute Gasteiger partial charge is 0.489 e. The molecular weight excluding hydrogens is 261 g/mol. The van der Waals surface area contributed by atoms with E-state index in [4.69, 9.17) is 0 Å². The average molecular weight is 266 g/mol. The number of methoxy groups -OCH3 is 1. The first-order valence-electron chi connectivity index (χ1n) is 4.23. The molecule has 0 amide bonds. The Morgan fingerprint density at radius 2 is 2.11 bits per heavy atom. The number of rotatable bonds is 4. The summed E-state index contributed by atoms with van der Waals surface area (Å²) in [7, 11) is 0.971. The van der Waals surface area contributed by atoms with Crippen LogP contribution in [-0.2, 0) is 0 Å². The number of aldehydes is 1. The zero-order valence-electron chi connectivity index (χ0n) is 8.72. The zero-order chi connectivity index (χ0) is 13.9. The third kappa shape index (κ3) is 3.06. The summed E-state index contributed by atoms with van der Waals surface area (Å²) >= 11 is 0. The van der Waals surface area contributed by atoms with Crippen LogP contribution in [-0.4, -0.2) is 29.7 Å². The van der Waals surface area contributed by atoms with Gasteiger partial charge in [-0.3, -0.25) is 4.79 Å². The number of hydrogen-bond donors (Lipinski definition) is 0. The van der Waals surface area contributed by atoms with Gasteiger partial charge >= 0.3 is 18.1 Å². The highest BCUT2D eigenvalue weighted by molar-refractivity contribution is 5.81. The van der Waals surface area contributed by atoms with Gasteiger partial charge in [-0.2, -0.15) is 0 Å². The number of carbonyl (C=O) groups excluding carboxylic acids is 1. The molecule has 0 N–H and O–H groups in total. The van der Waals surface area contributed by atoms with Crippen molar-refractivity contribution in [2.45, 2.75) is 6.36 Å². The standard InChI is InChI=1S/C8H5F3N2O5/c1-17-6-4(3-14)2-5(13(15)16)12-7(6)18-8(9,10)11/h2-3H,1H3. The molecule has 1 heterocycles. The molecule has 10 heteroatoms. The minimum Gasteiger partial charge on any atom is -0.489 e. The first-order valence-corrected chi connectivity index (χ1v) is 4.23. The van der Waals surface area contributed by atoms with E-state index in [9.17, 15) is 28.1 Å². The number of pyridine rings is 1. The van der Waals surface area contributed by atoms with Gasteiger partial charge in [0.25, 0.3) is 0 Å². The van der Waals surface area contributed by atoms with E-state index in [0.717, 1.165) is 7.11 Å². The zero-order valence-corrected chi connectivity index (χ0v) is 8.72. The summed E-state index contributed by atoms with van der Waals surface area (Å²) in [5.74, 6) is -2.79. The molecule has 98 valence electrons. The van der Waals surface area contributed by atoms with Gasteiger partial charge in [-0.15, -0.1) is 13.2 Å². The first-order chi connectivity index (χ1) is 8.28. The highest BCUT2D eigenvalue weighted by Gasteiger charge is 2.37. The van der Waals surface area contributed by atoms with Gasteiger partial charge in [0.05, 0.1) is 18.7 Å². The van der Waals surface area contributed by atoms with Crippen molar-refractivity contribution in [3.05, 3.63) is 21.7 Å². The SMILES string of the molecule is COc1c(C=O)cc([N+](=O)[O-])nc1OC(F)(F)F. The predicted octanol–water partition coefficient (Wildman–Crippen LogP) is 1.71. The molecule has 0 spiro atoms. The molecule has 0 aromatic carbocycles. The van der Waals surface area contributed by atoms with Crippen molar-refractivity contribution in [2.24, 2.45) is 0 Å². The van der Waals surface area contributed by atoms with E-state index in [1.165, 1.54) is 0 Å². The van der Waals surface area contributed by atoms with Crippen LogP contribution in [0, 0.1) is 10.1 Å². The molecule has 18 heavy (non-hydrogen) atoms. The Kier molecular flexibility index (Phi) is 3.69. The topological polar surface area (TPSA) is 91.6 Å². The number of hydrogen-bond acceptors (Lipinski definition) is 6. The second-order valence-corrected chi connectivity index (χ2v) is 2.83. The molecule has 0 aliphatic carbocycles. The van der Waals surface area contributed by atoms with E-state index in [0.29, 0.717) is 6.07 Å². The summed E-state index contributed by atoms with van der Waals surface area (Å²) in [5.41, 5.74) is -0.474. The Labute approximate surface area is 97.3 Å². The molecule has 0 saturated carbocycles. The van der Waals surface area contributed by atoms with E-state index >= 15 is 0 Å². The summed E-state index contributed by atoms with van der Waals surface area (Å²) in [6.07, 6.45) is -5.02. The first kappa shape index (κ1) is 13.7. The molecule has 0 atom stereocenters. The Hall–Kier alpha value is -2.39. The van der Waals surface area contributed by atoms with Crippen molar-refractivity contribution in [3.8, 4) is 11.6 Å². The van der Waals surface area contributed by atoms with Gasteiger partial charge < -0.3 is 19.6 Å². The van der Waals surface area contributed by atoms with Crippen molar-refractivity contribution in [3.63, 3.8) is 0 Å². The molecule has 1 rings (SSSR count). The number of nitro groups is 1. The van der Waals surface area contributed by atoms with Crippen LogP contribution in [0.3, 0.4) is 0 Å². The Morgan fingerprint density at radius 3 is 2.50 bits per heavy atom. The lowest BCUT2D eigenvalue weighted by Gasteiger charge is -2.09. The lowest BCUT2D eigenvalue weighted by Crippen LogP contribution is -2.19. The van der Waals surface area contributed by atoms with Crippen molar-refractivity contribution in [2.75, 3.05) is 7.11 Å². The number of nitrogens with zero attached hydrogens (tertiary/aromatic N) is 2. The summed E-state index contributed by atoms with van der Waals surface area (Å²) in [6.45, 7) is 0. The monoisotopic (exact) mass is 266 g/mol. The molecule has 1 aromatic rings. The highest BCUT2D eigenvalue weighted by Crippen LogP contribution is 2.34. The molecule has 0 radical (unpaired) electrons. The molecule has 0 aliphatic heterocycles. The Bertz CT molecular complexity index is 488. The second kappa shape index (κ2) is 4.85. The van der Waals surface area contributed by atoms with Crippen LogP contribution >= 0.6 is 0 Å². The number of carbonyl (C=O) groups is 1. The summed E-state index contributed by atoms with van der Waals surface area (Å²) in [5, 5.41) is 10.4. The van der Waals surface area contributed by atoms with Crippen LogP contribution in [0.4, 0.5) is 19.0 Å². The van der Waals surface area contributed by atoms with Gasteiger partial charge in [0.15, 0.2) is 6.29 Å². The van der Waals surface area contributed by atoms with Crippen LogP contribution in [0.5, 0.6) is 11.6 Å². The fraction of sp³-hybridized carbons (Fsp3) is 0.250. The van der Waals surface area contributed by atoms with Crippen molar-refractivity contribution in [1.82, 2.24) is 4.98 Å². The molecule has 7 nitrogen and oxygen atoms in total. The maximum Gasteiger partial charge on any atom is 0.575 e. The van der Waals surface area contributed by atoms with E-state index in [1.807, 2.05) is 0 Å². The fourth-order valence-electron chi connectivity index (χ4n) is 1.08. The summed E-state index contributed by atoms with van der Waals surface area (Å²) < 4.78 is 44.1. The highest BCUT2D eigenvalue weighted by atomic mass is 19.4. The lowest BCUT2D eigenvalue weighted by atomic mass is 10.2. The molecular formula is C8H5F3N2O5. The number of alkyl halides is 3. The largest absolute Gasteiger partial charge is 0.575 e. The van der Waals surface area contributed by atoms with Gasteiger partial charge in [-0.25, -0.2) is 0 Å². The van der Waals surface area contributed by atoms with Crippen LogP contribution in [0.2, 0.25) is 0 Å². The minimum absolute atomic E-state index is 0.0940. The quantitative estimate of drug-likeness (QED) is 0.468. The predicted molar refractivity (Wildman–Crippen MR) is 49.5 cm³/mol. The van der Waals surface area contributed by atoms with Gasteiger partial charge in [0, 0.05) is 4.98 Å². The van der Waals surface area contributed by atoms with E-state index in [1.54, 1.807) is 0 Å². The van der Waals surface area contributed by atoms with Crippen molar-refractivity contribution < 1.29 is 32.4 Å². The molecule has 0 unspecified atom stereocenters. The Morgan fingerprint density at radius 1 is 1.50 bits per heavy atom. The van der Waals surface area contributed by atoms with E-state index in [2.05, 4.69) is 14.5 Å². The fourth-order valence-corrected chi connectivity index (χ4v) is 1.08. The lowest BCUT2D eigenvalue weighted by molar-refractivity contribution is -0.390. The number of ether oxygens (including phenoxy) is 2. The van der Waals surface area contributed by atoms with Crippen LogP contribution < -0.4 is 9.47 Å². The minimum atomic E-state index is -5.12. The Balaban J connectivity index is 3.40. The van der Waals surface area contributed by atoms with Crippen LogP contribution in [0.1, 0.15) is 10.4 Å². The maximum absolute atomic E-state index is 12.1. The van der Waals surface area contributed by atoms with Crippen LogP contribution in [0.25, 0.3) is 0 Å². The van der Waals surface area contributed by atoms with Gasteiger partial charge in [-0.1, -0.05) is 0 Å². The van der Waals surface area contributed by atoms with Gasteiger partial charge in [-0.05, 0) is 4.92 Å².